The van der Waals surface area contributed by atoms with Gasteiger partial charge in [-0.1, -0.05) is 312 Å². The van der Waals surface area contributed by atoms with Crippen LogP contribution in [0.2, 0.25) is 0 Å². The molecule has 546 valence electrons. The van der Waals surface area contributed by atoms with Crippen LogP contribution in [0, 0.1) is 23.7 Å². The molecule has 3 N–H and O–H groups in total. The monoisotopic (exact) mass is 1350 g/mol. The van der Waals surface area contributed by atoms with Gasteiger partial charge in [0.05, 0.1) is 26.4 Å². The summed E-state index contributed by atoms with van der Waals surface area (Å²) < 4.78 is 68.4. The minimum absolute atomic E-state index is 0.105. The molecule has 0 saturated heterocycles. The molecule has 0 aliphatic carbocycles. The highest BCUT2D eigenvalue weighted by Crippen LogP contribution is 2.45. The molecule has 0 aromatic carbocycles. The standard InChI is InChI=1S/C73H142O17P2/c1-9-66(8)52-44-36-28-20-15-16-22-31-40-48-56-73(78)90-69(60-84-71(76)54-46-38-32-24-27-35-43-51-65(6)7)62-88-92(81,82)86-58-67(74)57-85-91(79,80)87-61-68(59-83-70(75)53-45-37-29-23-17-19-26-34-42-50-64(4)5)89-72(77)55-47-39-30-21-14-12-10-11-13-18-25-33-41-49-63(2)3/h63-69,74H,9-62H2,1-8H3,(H,79,80)(H,81,82)/t66?,67?,68-,69-/m1/s1. The molecule has 0 saturated carbocycles. The lowest BCUT2D eigenvalue weighted by Gasteiger charge is -2.21. The second-order valence-corrected chi connectivity index (χ2v) is 30.9. The number of rotatable bonds is 70. The first-order valence-corrected chi connectivity index (χ1v) is 40.7. The summed E-state index contributed by atoms with van der Waals surface area (Å²) in [5.74, 6) is 0.913. The average molecular weight is 1350 g/mol. The van der Waals surface area contributed by atoms with E-state index in [2.05, 4.69) is 55.4 Å². The fourth-order valence-electron chi connectivity index (χ4n) is 11.0. The minimum atomic E-state index is -4.96. The van der Waals surface area contributed by atoms with Crippen LogP contribution in [0.4, 0.5) is 0 Å². The highest BCUT2D eigenvalue weighted by molar-refractivity contribution is 7.47. The normalized spacial score (nSPS) is 14.5. The Morgan fingerprint density at radius 1 is 0.304 bits per heavy atom. The molecule has 0 aromatic rings. The van der Waals surface area contributed by atoms with E-state index in [-0.39, 0.29) is 25.7 Å². The Morgan fingerprint density at radius 2 is 0.522 bits per heavy atom. The fraction of sp³-hybridized carbons (Fsp3) is 0.945. The Kier molecular flexibility index (Phi) is 61.3. The highest BCUT2D eigenvalue weighted by atomic mass is 31.2. The zero-order valence-corrected chi connectivity index (χ0v) is 62.0. The first-order valence-electron chi connectivity index (χ1n) is 37.7. The molecule has 0 fully saturated rings. The average Bonchev–Trinajstić information content (AvgIpc) is 2.65. The number of aliphatic hydroxyl groups excluding tert-OH is 1. The maximum Gasteiger partial charge on any atom is 0.472 e. The second kappa shape index (κ2) is 62.6. The quantitative estimate of drug-likeness (QED) is 0.0222. The molecular weight excluding hydrogens is 1210 g/mol. The molecule has 6 atom stereocenters. The van der Waals surface area contributed by atoms with Gasteiger partial charge >= 0.3 is 39.5 Å². The number of phosphoric ester groups is 2. The Labute approximate surface area is 562 Å². The van der Waals surface area contributed by atoms with Crippen LogP contribution in [0.3, 0.4) is 0 Å². The van der Waals surface area contributed by atoms with E-state index >= 15 is 0 Å². The van der Waals surface area contributed by atoms with Crippen LogP contribution < -0.4 is 0 Å². The topological polar surface area (TPSA) is 237 Å². The van der Waals surface area contributed by atoms with Gasteiger partial charge < -0.3 is 33.8 Å². The molecule has 19 heteroatoms. The van der Waals surface area contributed by atoms with E-state index < -0.39 is 97.5 Å². The maximum atomic E-state index is 13.0. The fourth-order valence-corrected chi connectivity index (χ4v) is 12.6. The summed E-state index contributed by atoms with van der Waals surface area (Å²) in [5, 5.41) is 10.6. The van der Waals surface area contributed by atoms with Gasteiger partial charge in [0.1, 0.15) is 19.3 Å². The molecular formula is C73H142O17P2. The number of unbranched alkanes of at least 4 members (excludes halogenated alkanes) is 35. The van der Waals surface area contributed by atoms with E-state index in [1.807, 2.05) is 0 Å². The smallest absolute Gasteiger partial charge is 0.462 e. The van der Waals surface area contributed by atoms with Crippen molar-refractivity contribution in [2.75, 3.05) is 39.6 Å². The van der Waals surface area contributed by atoms with Crippen molar-refractivity contribution in [2.45, 2.75) is 382 Å². The Bertz CT molecular complexity index is 1820. The molecule has 0 rings (SSSR count). The maximum absolute atomic E-state index is 13.0. The molecule has 0 aromatic heterocycles. The third-order valence-corrected chi connectivity index (χ3v) is 19.1. The molecule has 0 spiro atoms. The van der Waals surface area contributed by atoms with Crippen LogP contribution in [-0.2, 0) is 65.4 Å². The van der Waals surface area contributed by atoms with Crippen molar-refractivity contribution in [1.29, 1.82) is 0 Å². The highest BCUT2D eigenvalue weighted by Gasteiger charge is 2.30. The molecule has 0 amide bonds. The lowest BCUT2D eigenvalue weighted by atomic mass is 9.99. The summed E-state index contributed by atoms with van der Waals surface area (Å²) in [6.07, 6.45) is 45.8. The first kappa shape index (κ1) is 90.1. The van der Waals surface area contributed by atoms with Crippen molar-refractivity contribution in [2.24, 2.45) is 23.7 Å². The molecule has 17 nitrogen and oxygen atoms in total. The van der Waals surface area contributed by atoms with E-state index in [1.165, 1.54) is 161 Å². The summed E-state index contributed by atoms with van der Waals surface area (Å²) in [6.45, 7) is 14.1. The van der Waals surface area contributed by atoms with Gasteiger partial charge in [-0.05, 0) is 49.4 Å². The van der Waals surface area contributed by atoms with Gasteiger partial charge in [-0.3, -0.25) is 37.3 Å². The number of carbonyl (C=O) groups excluding carboxylic acids is 4. The molecule has 0 aliphatic rings. The van der Waals surface area contributed by atoms with Crippen molar-refractivity contribution in [3.8, 4) is 0 Å². The molecule has 0 bridgehead atoms. The van der Waals surface area contributed by atoms with E-state index in [1.54, 1.807) is 0 Å². The van der Waals surface area contributed by atoms with E-state index in [0.717, 1.165) is 114 Å². The van der Waals surface area contributed by atoms with Gasteiger partial charge in [-0.25, -0.2) is 9.13 Å². The molecule has 0 aliphatic heterocycles. The third-order valence-electron chi connectivity index (χ3n) is 17.2. The number of hydrogen-bond acceptors (Lipinski definition) is 15. The second-order valence-electron chi connectivity index (χ2n) is 28.0. The van der Waals surface area contributed by atoms with Crippen LogP contribution in [0.1, 0.15) is 364 Å². The number of hydrogen-bond donors (Lipinski definition) is 3. The van der Waals surface area contributed by atoms with E-state index in [4.69, 9.17) is 37.0 Å². The van der Waals surface area contributed by atoms with E-state index in [0.29, 0.717) is 31.6 Å². The van der Waals surface area contributed by atoms with Crippen molar-refractivity contribution in [3.63, 3.8) is 0 Å². The van der Waals surface area contributed by atoms with Gasteiger partial charge in [0.25, 0.3) is 0 Å². The zero-order chi connectivity index (χ0) is 68.2. The van der Waals surface area contributed by atoms with Crippen molar-refractivity contribution >= 4 is 39.5 Å². The molecule has 0 heterocycles. The van der Waals surface area contributed by atoms with Gasteiger partial charge in [-0.2, -0.15) is 0 Å². The Hall–Kier alpha value is -1.94. The van der Waals surface area contributed by atoms with Gasteiger partial charge in [0, 0.05) is 25.7 Å². The number of aliphatic hydroxyl groups is 1. The summed E-state index contributed by atoms with van der Waals surface area (Å²) >= 11 is 0. The van der Waals surface area contributed by atoms with Gasteiger partial charge in [0.2, 0.25) is 0 Å². The summed E-state index contributed by atoms with van der Waals surface area (Å²) in [5.41, 5.74) is 0. The summed E-state index contributed by atoms with van der Waals surface area (Å²) in [4.78, 5) is 72.7. The molecule has 0 radical (unpaired) electrons. The lowest BCUT2D eigenvalue weighted by Crippen LogP contribution is -2.30. The minimum Gasteiger partial charge on any atom is -0.462 e. The largest absolute Gasteiger partial charge is 0.472 e. The zero-order valence-electron chi connectivity index (χ0n) is 60.2. The van der Waals surface area contributed by atoms with Gasteiger partial charge in [0.15, 0.2) is 12.2 Å². The first-order chi connectivity index (χ1) is 44.1. The van der Waals surface area contributed by atoms with Crippen molar-refractivity contribution < 1.29 is 80.2 Å². The van der Waals surface area contributed by atoms with Crippen LogP contribution in [-0.4, -0.2) is 96.7 Å². The van der Waals surface area contributed by atoms with Gasteiger partial charge in [-0.15, -0.1) is 0 Å². The summed E-state index contributed by atoms with van der Waals surface area (Å²) in [6, 6.07) is 0. The number of esters is 4. The van der Waals surface area contributed by atoms with E-state index in [9.17, 15) is 43.2 Å². The molecule has 4 unspecified atom stereocenters. The van der Waals surface area contributed by atoms with Crippen molar-refractivity contribution in [1.82, 2.24) is 0 Å². The van der Waals surface area contributed by atoms with Crippen LogP contribution >= 0.6 is 15.6 Å². The Morgan fingerprint density at radius 3 is 0.772 bits per heavy atom. The van der Waals surface area contributed by atoms with Crippen LogP contribution in [0.5, 0.6) is 0 Å². The lowest BCUT2D eigenvalue weighted by molar-refractivity contribution is -0.161. The van der Waals surface area contributed by atoms with Crippen molar-refractivity contribution in [3.05, 3.63) is 0 Å². The number of ether oxygens (including phenoxy) is 4. The Balaban J connectivity index is 5.26. The van der Waals surface area contributed by atoms with Crippen LogP contribution in [0.25, 0.3) is 0 Å². The number of carbonyl (C=O) groups is 4. The SMILES string of the molecule is CCC(C)CCCCCCCCCCCCC(=O)O[C@H](COC(=O)CCCCCCCCCC(C)C)COP(=O)(O)OCC(O)COP(=O)(O)OC[C@@H](COC(=O)CCCCCCCCCCCC(C)C)OC(=O)CCCCCCCCCCCCCCCC(C)C. The van der Waals surface area contributed by atoms with Crippen LogP contribution in [0.15, 0.2) is 0 Å². The molecule has 92 heavy (non-hydrogen) atoms. The summed E-state index contributed by atoms with van der Waals surface area (Å²) in [7, 11) is -9.91. The third kappa shape index (κ3) is 65.4. The predicted molar refractivity (Wildman–Crippen MR) is 372 cm³/mol. The predicted octanol–water partition coefficient (Wildman–Crippen LogP) is 20.9. The number of phosphoric acid groups is 2.